The molecule has 1 fully saturated rings. The van der Waals surface area contributed by atoms with Gasteiger partial charge >= 0.3 is 0 Å². The predicted octanol–water partition coefficient (Wildman–Crippen LogP) is 2.26. The molecule has 26 heavy (non-hydrogen) atoms. The highest BCUT2D eigenvalue weighted by atomic mass is 16.5. The van der Waals surface area contributed by atoms with Crippen LogP contribution in [-0.2, 0) is 17.7 Å². The second kappa shape index (κ2) is 7.41. The van der Waals surface area contributed by atoms with E-state index in [0.717, 1.165) is 44.8 Å². The molecule has 0 radical (unpaired) electrons. The van der Waals surface area contributed by atoms with Crippen molar-refractivity contribution < 1.29 is 9.53 Å². The van der Waals surface area contributed by atoms with Gasteiger partial charge < -0.3 is 15.0 Å². The van der Waals surface area contributed by atoms with E-state index in [1.165, 1.54) is 11.1 Å². The number of carbonyl (C=O) groups is 1. The number of fused-ring (bicyclic) bond motifs is 1. The van der Waals surface area contributed by atoms with E-state index >= 15 is 0 Å². The second-order valence-electron chi connectivity index (χ2n) is 6.94. The van der Waals surface area contributed by atoms with Gasteiger partial charge in [0.1, 0.15) is 17.3 Å². The van der Waals surface area contributed by atoms with Crippen molar-refractivity contribution in [3.05, 3.63) is 53.0 Å². The van der Waals surface area contributed by atoms with Crippen LogP contribution in [0, 0.1) is 6.92 Å². The van der Waals surface area contributed by atoms with Gasteiger partial charge in [-0.15, -0.1) is 0 Å². The number of hydrogen-bond acceptors (Lipinski definition) is 5. The first-order chi connectivity index (χ1) is 12.7. The van der Waals surface area contributed by atoms with Crippen molar-refractivity contribution >= 4 is 11.7 Å². The average Bonchev–Trinajstić information content (AvgIpc) is 3.19. The van der Waals surface area contributed by atoms with Crippen LogP contribution in [0.4, 0.5) is 5.82 Å². The summed E-state index contributed by atoms with van der Waals surface area (Å²) in [7, 11) is 0. The second-order valence-corrected chi connectivity index (χ2v) is 6.94. The van der Waals surface area contributed by atoms with Crippen LogP contribution in [0.5, 0.6) is 0 Å². The Balaban J connectivity index is 1.48. The molecule has 2 aromatic rings. The van der Waals surface area contributed by atoms with E-state index < -0.39 is 0 Å². The third kappa shape index (κ3) is 3.70. The number of carbonyl (C=O) groups excluding carboxylic acids is 1. The van der Waals surface area contributed by atoms with Gasteiger partial charge in [0, 0.05) is 32.3 Å². The zero-order valence-electron chi connectivity index (χ0n) is 15.1. The quantitative estimate of drug-likeness (QED) is 0.914. The van der Waals surface area contributed by atoms with Gasteiger partial charge in [-0.1, -0.05) is 24.3 Å². The summed E-state index contributed by atoms with van der Waals surface area (Å²) in [5.41, 5.74) is 3.13. The van der Waals surface area contributed by atoms with Crippen molar-refractivity contribution in [3.8, 4) is 0 Å². The Morgan fingerprint density at radius 3 is 2.96 bits per heavy atom. The topological polar surface area (TPSA) is 67.3 Å². The van der Waals surface area contributed by atoms with Crippen molar-refractivity contribution in [2.75, 3.05) is 24.6 Å². The molecule has 1 amide bonds. The Bertz CT molecular complexity index is 802. The molecule has 2 aliphatic heterocycles. The van der Waals surface area contributed by atoms with Gasteiger partial charge in [-0.2, -0.15) is 0 Å². The fourth-order valence-electron chi connectivity index (χ4n) is 3.62. The van der Waals surface area contributed by atoms with Crippen LogP contribution in [0.25, 0.3) is 0 Å². The summed E-state index contributed by atoms with van der Waals surface area (Å²) in [5, 5.41) is 2.94. The van der Waals surface area contributed by atoms with Crippen LogP contribution < -0.4 is 10.2 Å². The molecule has 0 bridgehead atoms. The van der Waals surface area contributed by atoms with Gasteiger partial charge in [0.25, 0.3) is 5.91 Å². The number of ether oxygens (including phenoxy) is 1. The van der Waals surface area contributed by atoms with Crippen LogP contribution in [0.2, 0.25) is 0 Å². The van der Waals surface area contributed by atoms with E-state index in [9.17, 15) is 4.79 Å². The zero-order chi connectivity index (χ0) is 17.9. The number of aryl methyl sites for hydroxylation is 1. The number of amides is 1. The standard InChI is InChI=1S/C20H24N4O2/c1-14-22-18(20(25)21-12-17-7-4-10-26-17)11-19(23-14)24-9-8-15-5-2-3-6-16(15)13-24/h2-3,5-6,11,17H,4,7-10,12-13H2,1H3,(H,21,25). The molecule has 1 saturated heterocycles. The minimum absolute atomic E-state index is 0.125. The fraction of sp³-hybridized carbons (Fsp3) is 0.450. The summed E-state index contributed by atoms with van der Waals surface area (Å²) in [6.45, 7) is 4.86. The number of aromatic nitrogens is 2. The normalized spacial score (nSPS) is 19.3. The van der Waals surface area contributed by atoms with E-state index in [2.05, 4.69) is 44.5 Å². The Kier molecular flexibility index (Phi) is 4.84. The highest BCUT2D eigenvalue weighted by Crippen LogP contribution is 2.23. The molecule has 6 heteroatoms. The number of nitrogens with one attached hydrogen (secondary N) is 1. The van der Waals surface area contributed by atoms with E-state index in [1.54, 1.807) is 6.07 Å². The largest absolute Gasteiger partial charge is 0.376 e. The third-order valence-electron chi connectivity index (χ3n) is 5.03. The van der Waals surface area contributed by atoms with Crippen molar-refractivity contribution in [3.63, 3.8) is 0 Å². The summed E-state index contributed by atoms with van der Waals surface area (Å²) in [5.74, 6) is 1.27. The van der Waals surface area contributed by atoms with Crippen LogP contribution in [0.1, 0.15) is 40.3 Å². The lowest BCUT2D eigenvalue weighted by atomic mass is 10.00. The Hall–Kier alpha value is -2.47. The molecule has 6 nitrogen and oxygen atoms in total. The monoisotopic (exact) mass is 352 g/mol. The number of benzene rings is 1. The molecular weight excluding hydrogens is 328 g/mol. The average molecular weight is 352 g/mol. The van der Waals surface area contributed by atoms with Gasteiger partial charge in [-0.25, -0.2) is 9.97 Å². The molecule has 0 aliphatic carbocycles. The highest BCUT2D eigenvalue weighted by molar-refractivity contribution is 5.93. The first-order valence-corrected chi connectivity index (χ1v) is 9.26. The molecule has 0 saturated carbocycles. The SMILES string of the molecule is Cc1nc(C(=O)NCC2CCCO2)cc(N2CCc3ccccc3C2)n1. The number of hydrogen-bond donors (Lipinski definition) is 1. The minimum atomic E-state index is -0.162. The van der Waals surface area contributed by atoms with Gasteiger partial charge in [0.05, 0.1) is 6.10 Å². The molecule has 1 atom stereocenters. The van der Waals surface area contributed by atoms with Gasteiger partial charge in [0.2, 0.25) is 0 Å². The number of rotatable bonds is 4. The molecule has 4 rings (SSSR count). The number of nitrogens with zero attached hydrogens (tertiary/aromatic N) is 3. The maximum atomic E-state index is 12.5. The molecule has 1 N–H and O–H groups in total. The summed E-state index contributed by atoms with van der Waals surface area (Å²) in [6.07, 6.45) is 3.18. The molecule has 3 heterocycles. The molecule has 136 valence electrons. The predicted molar refractivity (Wildman–Crippen MR) is 99.3 cm³/mol. The minimum Gasteiger partial charge on any atom is -0.376 e. The van der Waals surface area contributed by atoms with E-state index in [4.69, 9.17) is 4.74 Å². The van der Waals surface area contributed by atoms with Crippen LogP contribution in [0.3, 0.4) is 0 Å². The summed E-state index contributed by atoms with van der Waals surface area (Å²) in [4.78, 5) is 23.6. The maximum absolute atomic E-state index is 12.5. The third-order valence-corrected chi connectivity index (χ3v) is 5.03. The van der Waals surface area contributed by atoms with Gasteiger partial charge in [-0.3, -0.25) is 4.79 Å². The highest BCUT2D eigenvalue weighted by Gasteiger charge is 2.21. The van der Waals surface area contributed by atoms with Crippen molar-refractivity contribution in [1.82, 2.24) is 15.3 Å². The van der Waals surface area contributed by atoms with Crippen LogP contribution in [0.15, 0.2) is 30.3 Å². The van der Waals surface area contributed by atoms with E-state index in [-0.39, 0.29) is 12.0 Å². The fourth-order valence-corrected chi connectivity index (χ4v) is 3.62. The summed E-state index contributed by atoms with van der Waals surface area (Å²) in [6, 6.07) is 10.3. The first kappa shape index (κ1) is 17.0. The lowest BCUT2D eigenvalue weighted by molar-refractivity contribution is 0.0853. The van der Waals surface area contributed by atoms with Crippen LogP contribution in [-0.4, -0.2) is 41.7 Å². The van der Waals surface area contributed by atoms with E-state index in [1.807, 2.05) is 6.92 Å². The van der Waals surface area contributed by atoms with Gasteiger partial charge in [0.15, 0.2) is 0 Å². The molecule has 1 unspecified atom stereocenters. The molecule has 1 aromatic carbocycles. The lowest BCUT2D eigenvalue weighted by Crippen LogP contribution is -2.34. The lowest BCUT2D eigenvalue weighted by Gasteiger charge is -2.30. The van der Waals surface area contributed by atoms with Crippen LogP contribution >= 0.6 is 0 Å². The van der Waals surface area contributed by atoms with Crippen molar-refractivity contribution in [2.45, 2.75) is 38.8 Å². The van der Waals surface area contributed by atoms with Crippen molar-refractivity contribution in [2.24, 2.45) is 0 Å². The first-order valence-electron chi connectivity index (χ1n) is 9.26. The molecular formula is C20H24N4O2. The Morgan fingerprint density at radius 2 is 2.15 bits per heavy atom. The summed E-state index contributed by atoms with van der Waals surface area (Å²) < 4.78 is 5.56. The van der Waals surface area contributed by atoms with Gasteiger partial charge in [-0.05, 0) is 37.3 Å². The Labute approximate surface area is 153 Å². The Morgan fingerprint density at radius 1 is 1.31 bits per heavy atom. The smallest absolute Gasteiger partial charge is 0.270 e. The molecule has 0 spiro atoms. The van der Waals surface area contributed by atoms with E-state index in [0.29, 0.717) is 18.1 Å². The molecule has 1 aromatic heterocycles. The van der Waals surface area contributed by atoms with Crippen molar-refractivity contribution in [1.29, 1.82) is 0 Å². The summed E-state index contributed by atoms with van der Waals surface area (Å²) >= 11 is 0. The number of anilines is 1. The molecule has 2 aliphatic rings. The maximum Gasteiger partial charge on any atom is 0.270 e. The zero-order valence-corrected chi connectivity index (χ0v) is 15.1.